The summed E-state index contributed by atoms with van der Waals surface area (Å²) in [6.45, 7) is 7.64. The van der Waals surface area contributed by atoms with Gasteiger partial charge in [0.05, 0.1) is 6.61 Å². The molecule has 0 unspecified atom stereocenters. The zero-order valence-electron chi connectivity index (χ0n) is 10.8. The highest BCUT2D eigenvalue weighted by molar-refractivity contribution is 5.65. The highest BCUT2D eigenvalue weighted by Crippen LogP contribution is 2.02. The van der Waals surface area contributed by atoms with Gasteiger partial charge in [0.15, 0.2) is 0 Å². The molecular weight excluding hydrogens is 220 g/mol. The minimum Gasteiger partial charge on any atom is -0.483 e. The van der Waals surface area contributed by atoms with E-state index in [1.165, 1.54) is 18.1 Å². The second-order valence-electron chi connectivity index (χ2n) is 3.11. The molecule has 0 atom stereocenters. The summed E-state index contributed by atoms with van der Waals surface area (Å²) in [6.07, 6.45) is 0. The number of carboxylic acid groups (broad SMARTS) is 1. The summed E-state index contributed by atoms with van der Waals surface area (Å²) in [4.78, 5) is 18.2. The molecule has 4 heteroatoms. The molecule has 0 saturated carbocycles. The van der Waals surface area contributed by atoms with Crippen LogP contribution in [0.1, 0.15) is 25.0 Å². The Labute approximate surface area is 102 Å². The van der Waals surface area contributed by atoms with Gasteiger partial charge in [-0.25, -0.2) is 0 Å². The molecule has 0 radical (unpaired) electrons. The highest BCUT2D eigenvalue weighted by Gasteiger charge is 1.84. The van der Waals surface area contributed by atoms with Crippen LogP contribution in [0.25, 0.3) is 0 Å². The van der Waals surface area contributed by atoms with Crippen molar-refractivity contribution in [2.75, 3.05) is 6.61 Å². The summed E-state index contributed by atoms with van der Waals surface area (Å²) in [5.41, 5.74) is 2.74. The van der Waals surface area contributed by atoms with E-state index in [1.54, 1.807) is 6.92 Å². The molecule has 0 aliphatic carbocycles. The molecule has 0 amide bonds. The van der Waals surface area contributed by atoms with Crippen LogP contribution in [-0.4, -0.2) is 24.2 Å². The maximum absolute atomic E-state index is 9.82. The lowest BCUT2D eigenvalue weighted by Crippen LogP contribution is -1.95. The van der Waals surface area contributed by atoms with E-state index in [0.717, 1.165) is 0 Å². The summed E-state index contributed by atoms with van der Waals surface area (Å²) >= 11 is 0. The number of benzene rings is 1. The summed E-state index contributed by atoms with van der Waals surface area (Å²) < 4.78 is 4.40. The van der Waals surface area contributed by atoms with Gasteiger partial charge in [0.1, 0.15) is 0 Å². The molecule has 0 aromatic heterocycles. The number of hydrogen-bond acceptors (Lipinski definition) is 3. The van der Waals surface area contributed by atoms with Gasteiger partial charge in [0.2, 0.25) is 0 Å². The predicted molar refractivity (Wildman–Crippen MR) is 66.9 cm³/mol. The van der Waals surface area contributed by atoms with Gasteiger partial charge in [-0.15, -0.1) is 0 Å². The fourth-order valence-corrected chi connectivity index (χ4v) is 0.866. The van der Waals surface area contributed by atoms with Gasteiger partial charge in [0.25, 0.3) is 6.47 Å². The van der Waals surface area contributed by atoms with Crippen molar-refractivity contribution in [3.8, 4) is 0 Å². The number of hydrogen-bond donors (Lipinski definition) is 1. The number of rotatable bonds is 1. The summed E-state index contributed by atoms with van der Waals surface area (Å²) in [6, 6.07) is 8.36. The molecule has 0 spiro atoms. The third kappa shape index (κ3) is 14.2. The van der Waals surface area contributed by atoms with E-state index < -0.39 is 0 Å². The average molecular weight is 240 g/mol. The molecule has 0 heterocycles. The third-order valence-electron chi connectivity index (χ3n) is 1.77. The summed E-state index contributed by atoms with van der Waals surface area (Å²) in [7, 11) is 0. The number of carbonyl (C=O) groups excluding carboxylic acids is 1. The lowest BCUT2D eigenvalue weighted by Gasteiger charge is -1.93. The standard InChI is InChI=1S/C8H10.C4H8O2.CH2O2/c1-7-5-3-4-6-8(7)2;1-3-6-4(2)5;2-1-3/h3-6H,1-2H3;3H2,1-2H3;1H,(H,2,3). The minimum absolute atomic E-state index is 0.211. The fraction of sp³-hybridized carbons (Fsp3) is 0.385. The first-order chi connectivity index (χ1) is 7.99. The molecule has 0 fully saturated rings. The largest absolute Gasteiger partial charge is 0.483 e. The van der Waals surface area contributed by atoms with Crippen LogP contribution in [0, 0.1) is 13.8 Å². The third-order valence-corrected chi connectivity index (χ3v) is 1.77. The van der Waals surface area contributed by atoms with Crippen molar-refractivity contribution in [2.24, 2.45) is 0 Å². The number of ether oxygens (including phenoxy) is 1. The van der Waals surface area contributed by atoms with Crippen LogP contribution >= 0.6 is 0 Å². The summed E-state index contributed by atoms with van der Waals surface area (Å²) in [5.74, 6) is -0.211. The molecule has 1 N–H and O–H groups in total. The second kappa shape index (κ2) is 12.2. The quantitative estimate of drug-likeness (QED) is 0.605. The Balaban J connectivity index is 0. The Morgan fingerprint density at radius 1 is 1.29 bits per heavy atom. The molecule has 1 rings (SSSR count). The fourth-order valence-electron chi connectivity index (χ4n) is 0.866. The van der Waals surface area contributed by atoms with E-state index in [2.05, 4.69) is 42.8 Å². The monoisotopic (exact) mass is 240 g/mol. The lowest BCUT2D eigenvalue weighted by molar-refractivity contribution is -0.140. The van der Waals surface area contributed by atoms with Crippen molar-refractivity contribution in [3.63, 3.8) is 0 Å². The van der Waals surface area contributed by atoms with Crippen molar-refractivity contribution >= 4 is 12.4 Å². The van der Waals surface area contributed by atoms with Crippen LogP contribution in [0.2, 0.25) is 0 Å². The number of aryl methyl sites for hydroxylation is 2. The molecule has 96 valence electrons. The van der Waals surface area contributed by atoms with Crippen molar-refractivity contribution in [3.05, 3.63) is 35.4 Å². The molecule has 17 heavy (non-hydrogen) atoms. The van der Waals surface area contributed by atoms with Crippen LogP contribution in [0.15, 0.2) is 24.3 Å². The van der Waals surface area contributed by atoms with Gasteiger partial charge in [-0.3, -0.25) is 9.59 Å². The lowest BCUT2D eigenvalue weighted by atomic mass is 10.1. The van der Waals surface area contributed by atoms with Crippen molar-refractivity contribution in [1.29, 1.82) is 0 Å². The molecule has 0 saturated heterocycles. The first-order valence-corrected chi connectivity index (χ1v) is 5.23. The minimum atomic E-state index is -0.250. The topological polar surface area (TPSA) is 63.6 Å². The maximum Gasteiger partial charge on any atom is 0.302 e. The van der Waals surface area contributed by atoms with Gasteiger partial charge >= 0.3 is 5.97 Å². The molecular formula is C13H20O4. The summed E-state index contributed by atoms with van der Waals surface area (Å²) in [5, 5.41) is 6.89. The Morgan fingerprint density at radius 2 is 1.65 bits per heavy atom. The van der Waals surface area contributed by atoms with E-state index in [1.807, 2.05) is 0 Å². The van der Waals surface area contributed by atoms with Gasteiger partial charge in [0, 0.05) is 6.92 Å². The SMILES string of the molecule is CCOC(C)=O.Cc1ccccc1C.O=CO. The van der Waals surface area contributed by atoms with Crippen molar-refractivity contribution < 1.29 is 19.4 Å². The van der Waals surface area contributed by atoms with Gasteiger partial charge < -0.3 is 9.84 Å². The first kappa shape index (κ1) is 17.6. The van der Waals surface area contributed by atoms with E-state index in [9.17, 15) is 4.79 Å². The van der Waals surface area contributed by atoms with Crippen LogP contribution in [-0.2, 0) is 14.3 Å². The van der Waals surface area contributed by atoms with E-state index in [4.69, 9.17) is 9.90 Å². The normalized spacial score (nSPS) is 7.76. The molecule has 4 nitrogen and oxygen atoms in total. The van der Waals surface area contributed by atoms with Gasteiger partial charge in [-0.2, -0.15) is 0 Å². The maximum atomic E-state index is 9.82. The molecule has 1 aromatic rings. The predicted octanol–water partition coefficient (Wildman–Crippen LogP) is 2.57. The smallest absolute Gasteiger partial charge is 0.302 e. The van der Waals surface area contributed by atoms with Gasteiger partial charge in [-0.1, -0.05) is 24.3 Å². The zero-order chi connectivity index (χ0) is 13.7. The second-order valence-corrected chi connectivity index (χ2v) is 3.11. The molecule has 0 aliphatic rings. The number of esters is 1. The molecule has 0 bridgehead atoms. The van der Waals surface area contributed by atoms with Crippen molar-refractivity contribution in [1.82, 2.24) is 0 Å². The molecule has 1 aromatic carbocycles. The first-order valence-electron chi connectivity index (χ1n) is 5.23. The number of carbonyl (C=O) groups is 2. The van der Waals surface area contributed by atoms with Crippen LogP contribution in [0.3, 0.4) is 0 Å². The Kier molecular flexibility index (Phi) is 12.6. The van der Waals surface area contributed by atoms with Crippen LogP contribution in [0.5, 0.6) is 0 Å². The van der Waals surface area contributed by atoms with E-state index in [0.29, 0.717) is 6.61 Å². The van der Waals surface area contributed by atoms with Crippen LogP contribution < -0.4 is 0 Å². The Morgan fingerprint density at radius 3 is 1.76 bits per heavy atom. The van der Waals surface area contributed by atoms with E-state index >= 15 is 0 Å². The van der Waals surface area contributed by atoms with Crippen molar-refractivity contribution in [2.45, 2.75) is 27.7 Å². The van der Waals surface area contributed by atoms with Crippen LogP contribution in [0.4, 0.5) is 0 Å². The van der Waals surface area contributed by atoms with E-state index in [-0.39, 0.29) is 12.4 Å². The average Bonchev–Trinajstić information content (AvgIpc) is 2.24. The van der Waals surface area contributed by atoms with Gasteiger partial charge in [-0.05, 0) is 31.9 Å². The Bertz CT molecular complexity index is 300. The Hall–Kier alpha value is -1.84. The highest BCUT2D eigenvalue weighted by atomic mass is 16.5. The zero-order valence-corrected chi connectivity index (χ0v) is 10.8. The molecule has 0 aliphatic heterocycles.